The van der Waals surface area contributed by atoms with E-state index in [1.807, 2.05) is 0 Å². The SMILES string of the molecule is NC(CCC(=O)N[C@@H](CSCc1ccc(-c2cccc(C(F)(F)F)c2)cc1)C(=O)N(CC(=O)O)c1ccccc1)C(=O)O. The molecule has 0 aliphatic rings. The molecule has 0 fully saturated rings. The van der Waals surface area contributed by atoms with Crippen LogP contribution in [0.2, 0.25) is 0 Å². The summed E-state index contributed by atoms with van der Waals surface area (Å²) in [7, 11) is 0. The number of alkyl halides is 3. The highest BCUT2D eigenvalue weighted by Crippen LogP contribution is 2.32. The fourth-order valence-electron chi connectivity index (χ4n) is 4.04. The van der Waals surface area contributed by atoms with Crippen LogP contribution in [0, 0.1) is 0 Å². The monoisotopic (exact) mass is 617 g/mol. The van der Waals surface area contributed by atoms with E-state index in [1.54, 1.807) is 60.7 Å². The van der Waals surface area contributed by atoms with Crippen LogP contribution in [0.25, 0.3) is 11.1 Å². The number of carboxylic acids is 2. The van der Waals surface area contributed by atoms with Crippen LogP contribution >= 0.6 is 11.8 Å². The van der Waals surface area contributed by atoms with Crippen LogP contribution in [0.1, 0.15) is 24.0 Å². The van der Waals surface area contributed by atoms with Crippen molar-refractivity contribution in [3.05, 3.63) is 90.0 Å². The van der Waals surface area contributed by atoms with Crippen LogP contribution < -0.4 is 16.0 Å². The third-order valence-electron chi connectivity index (χ3n) is 6.29. The van der Waals surface area contributed by atoms with Gasteiger partial charge in [0.15, 0.2) is 0 Å². The number of aliphatic carboxylic acids is 2. The van der Waals surface area contributed by atoms with Gasteiger partial charge in [0.25, 0.3) is 5.91 Å². The number of amides is 2. The van der Waals surface area contributed by atoms with Crippen molar-refractivity contribution in [2.24, 2.45) is 5.73 Å². The van der Waals surface area contributed by atoms with Crippen molar-refractivity contribution in [1.29, 1.82) is 0 Å². The van der Waals surface area contributed by atoms with Crippen molar-refractivity contribution in [2.45, 2.75) is 36.9 Å². The predicted molar refractivity (Wildman–Crippen MR) is 156 cm³/mol. The normalized spacial score (nSPS) is 12.7. The molecule has 0 aliphatic carbocycles. The lowest BCUT2D eigenvalue weighted by Crippen LogP contribution is -2.51. The molecule has 13 heteroatoms. The molecule has 2 atom stereocenters. The second-order valence-corrected chi connectivity index (χ2v) is 10.6. The van der Waals surface area contributed by atoms with Gasteiger partial charge >= 0.3 is 18.1 Å². The average molecular weight is 618 g/mol. The number of carbonyl (C=O) groups is 4. The first kappa shape index (κ1) is 33.1. The lowest BCUT2D eigenvalue weighted by atomic mass is 10.0. The predicted octanol–water partition coefficient (Wildman–Crippen LogP) is 4.40. The molecular weight excluding hydrogens is 587 g/mol. The molecule has 228 valence electrons. The van der Waals surface area contributed by atoms with Crippen LogP contribution in [-0.2, 0) is 31.1 Å². The van der Waals surface area contributed by atoms with E-state index < -0.39 is 54.1 Å². The minimum absolute atomic E-state index is 0.0495. The number of hydrogen-bond acceptors (Lipinski definition) is 6. The van der Waals surface area contributed by atoms with Gasteiger partial charge in [0.2, 0.25) is 5.91 Å². The Balaban J connectivity index is 1.73. The minimum Gasteiger partial charge on any atom is -0.480 e. The Morgan fingerprint density at radius 1 is 0.907 bits per heavy atom. The number of nitrogens with one attached hydrogen (secondary N) is 1. The van der Waals surface area contributed by atoms with E-state index in [0.29, 0.717) is 22.6 Å². The van der Waals surface area contributed by atoms with E-state index in [1.165, 1.54) is 17.8 Å². The second-order valence-electron chi connectivity index (χ2n) is 9.55. The smallest absolute Gasteiger partial charge is 0.416 e. The Labute approximate surface area is 249 Å². The van der Waals surface area contributed by atoms with E-state index >= 15 is 0 Å². The van der Waals surface area contributed by atoms with Crippen LogP contribution in [-0.4, -0.2) is 58.3 Å². The van der Waals surface area contributed by atoms with Gasteiger partial charge in [0.05, 0.1) is 5.56 Å². The molecule has 3 aromatic carbocycles. The van der Waals surface area contributed by atoms with Crippen LogP contribution in [0.4, 0.5) is 18.9 Å². The molecule has 5 N–H and O–H groups in total. The van der Waals surface area contributed by atoms with E-state index in [4.69, 9.17) is 10.8 Å². The molecule has 0 aromatic heterocycles. The maximum Gasteiger partial charge on any atom is 0.416 e. The highest BCUT2D eigenvalue weighted by atomic mass is 32.2. The Morgan fingerprint density at radius 3 is 2.19 bits per heavy atom. The second kappa shape index (κ2) is 15.2. The Morgan fingerprint density at radius 2 is 1.58 bits per heavy atom. The first-order valence-corrected chi connectivity index (χ1v) is 14.2. The summed E-state index contributed by atoms with van der Waals surface area (Å²) in [6, 6.07) is 17.5. The summed E-state index contributed by atoms with van der Waals surface area (Å²) < 4.78 is 39.3. The van der Waals surface area contributed by atoms with Gasteiger partial charge in [-0.3, -0.25) is 24.1 Å². The van der Waals surface area contributed by atoms with Gasteiger partial charge in [-0.2, -0.15) is 24.9 Å². The standard InChI is InChI=1S/C30H30F3N3O6S/c31-30(32,33)22-6-4-5-21(15-22)20-11-9-19(10-12-20)17-43-18-25(35-26(37)14-13-24(34)29(41)42)28(40)36(16-27(38)39)23-7-2-1-3-8-23/h1-12,15,24-25H,13-14,16-18,34H2,(H,35,37)(H,38,39)(H,41,42)/t24?,25-/m0/s1. The molecule has 1 unspecified atom stereocenters. The summed E-state index contributed by atoms with van der Waals surface area (Å²) in [6.45, 7) is -0.652. The zero-order chi connectivity index (χ0) is 31.6. The zero-order valence-electron chi connectivity index (χ0n) is 22.8. The molecule has 0 spiro atoms. The highest BCUT2D eigenvalue weighted by Gasteiger charge is 2.31. The van der Waals surface area contributed by atoms with Crippen molar-refractivity contribution in [2.75, 3.05) is 17.2 Å². The Bertz CT molecular complexity index is 1420. The van der Waals surface area contributed by atoms with E-state index in [2.05, 4.69) is 5.32 Å². The van der Waals surface area contributed by atoms with Crippen molar-refractivity contribution in [3.63, 3.8) is 0 Å². The first-order chi connectivity index (χ1) is 20.3. The third kappa shape index (κ3) is 10.1. The van der Waals surface area contributed by atoms with Crippen LogP contribution in [0.3, 0.4) is 0 Å². The number of anilines is 1. The number of thioether (sulfide) groups is 1. The lowest BCUT2D eigenvalue weighted by molar-refractivity contribution is -0.139. The Kier molecular flexibility index (Phi) is 11.7. The fraction of sp³-hybridized carbons (Fsp3) is 0.267. The molecule has 43 heavy (non-hydrogen) atoms. The summed E-state index contributed by atoms with van der Waals surface area (Å²) in [4.78, 5) is 49.8. The number of benzene rings is 3. The van der Waals surface area contributed by atoms with E-state index in [0.717, 1.165) is 22.6 Å². The summed E-state index contributed by atoms with van der Waals surface area (Å²) in [5.74, 6) is -3.40. The number of rotatable bonds is 14. The topological polar surface area (TPSA) is 150 Å². The molecular formula is C30H30F3N3O6S. The number of carbonyl (C=O) groups excluding carboxylic acids is 2. The highest BCUT2D eigenvalue weighted by molar-refractivity contribution is 7.98. The molecule has 3 aromatic rings. The van der Waals surface area contributed by atoms with Crippen molar-refractivity contribution < 1.29 is 42.6 Å². The van der Waals surface area contributed by atoms with Gasteiger partial charge in [-0.05, 0) is 47.4 Å². The van der Waals surface area contributed by atoms with Gasteiger partial charge in [0.1, 0.15) is 18.6 Å². The number of para-hydroxylation sites is 1. The summed E-state index contributed by atoms with van der Waals surface area (Å²) in [5, 5.41) is 21.0. The molecule has 0 heterocycles. The van der Waals surface area contributed by atoms with Crippen molar-refractivity contribution >= 4 is 41.2 Å². The van der Waals surface area contributed by atoms with Gasteiger partial charge < -0.3 is 21.3 Å². The number of nitrogens with two attached hydrogens (primary N) is 1. The number of nitrogens with zero attached hydrogens (tertiary/aromatic N) is 1. The summed E-state index contributed by atoms with van der Waals surface area (Å²) in [6.07, 6.45) is -4.88. The average Bonchev–Trinajstić information content (AvgIpc) is 2.98. The Hall–Kier alpha value is -4.36. The van der Waals surface area contributed by atoms with Crippen LogP contribution in [0.5, 0.6) is 0 Å². The maximum atomic E-state index is 13.5. The number of hydrogen-bond donors (Lipinski definition) is 4. The summed E-state index contributed by atoms with van der Waals surface area (Å²) >= 11 is 1.28. The van der Waals surface area contributed by atoms with Crippen molar-refractivity contribution in [3.8, 4) is 11.1 Å². The summed E-state index contributed by atoms with van der Waals surface area (Å²) in [5.41, 5.74) is 6.84. The molecule has 0 saturated heterocycles. The zero-order valence-corrected chi connectivity index (χ0v) is 23.6. The van der Waals surface area contributed by atoms with Gasteiger partial charge in [-0.25, -0.2) is 0 Å². The third-order valence-corrected chi connectivity index (χ3v) is 7.40. The van der Waals surface area contributed by atoms with Crippen LogP contribution in [0.15, 0.2) is 78.9 Å². The van der Waals surface area contributed by atoms with Gasteiger partial charge in [-0.15, -0.1) is 0 Å². The molecule has 9 nitrogen and oxygen atoms in total. The first-order valence-electron chi connectivity index (χ1n) is 13.1. The molecule has 3 rings (SSSR count). The lowest BCUT2D eigenvalue weighted by Gasteiger charge is -2.27. The van der Waals surface area contributed by atoms with Gasteiger partial charge in [-0.1, -0.05) is 54.6 Å². The largest absolute Gasteiger partial charge is 0.480 e. The van der Waals surface area contributed by atoms with Crippen molar-refractivity contribution in [1.82, 2.24) is 5.32 Å². The quantitative estimate of drug-likeness (QED) is 0.208. The molecule has 2 amide bonds. The number of halogens is 3. The maximum absolute atomic E-state index is 13.5. The minimum atomic E-state index is -4.46. The van der Waals surface area contributed by atoms with Gasteiger partial charge in [0, 0.05) is 23.6 Å². The molecule has 0 bridgehead atoms. The fourth-order valence-corrected chi connectivity index (χ4v) is 5.05. The van der Waals surface area contributed by atoms with E-state index in [9.17, 15) is 37.5 Å². The molecule has 0 radical (unpaired) electrons. The number of carboxylic acid groups (broad SMARTS) is 2. The van der Waals surface area contributed by atoms with E-state index in [-0.39, 0.29) is 18.6 Å². The molecule has 0 saturated carbocycles. The molecule has 0 aliphatic heterocycles.